The molecule has 7 nitrogen and oxygen atoms in total. The van der Waals surface area contributed by atoms with Crippen molar-refractivity contribution < 1.29 is 23.8 Å². The number of benzene rings is 2. The molecular weight excluding hydrogens is 432 g/mol. The van der Waals surface area contributed by atoms with E-state index in [1.54, 1.807) is 18.7 Å². The van der Waals surface area contributed by atoms with Crippen molar-refractivity contribution in [1.82, 2.24) is 10.2 Å². The second-order valence-corrected chi connectivity index (χ2v) is 9.50. The quantitative estimate of drug-likeness (QED) is 0.670. The van der Waals surface area contributed by atoms with E-state index in [0.29, 0.717) is 26.3 Å². The highest BCUT2D eigenvalue weighted by molar-refractivity contribution is 5.89. The number of alkyl carbamates (subject to hydrolysis) is 1. The van der Waals surface area contributed by atoms with Gasteiger partial charge in [-0.15, -0.1) is 0 Å². The Morgan fingerprint density at radius 2 is 1.85 bits per heavy atom. The minimum atomic E-state index is -1.10. The lowest BCUT2D eigenvalue weighted by Crippen LogP contribution is -2.59. The van der Waals surface area contributed by atoms with Gasteiger partial charge in [0, 0.05) is 6.54 Å². The summed E-state index contributed by atoms with van der Waals surface area (Å²) in [4.78, 5) is 27.2. The number of nitrogens with one attached hydrogen (secondary N) is 1. The number of nitrogens with zero attached hydrogens (tertiary/aromatic N) is 1. The summed E-state index contributed by atoms with van der Waals surface area (Å²) in [5.41, 5.74) is 2.57. The van der Waals surface area contributed by atoms with Gasteiger partial charge in [-0.2, -0.15) is 0 Å². The molecule has 2 aromatic rings. The molecule has 1 atom stereocenters. The zero-order valence-corrected chi connectivity index (χ0v) is 20.0. The molecule has 0 spiro atoms. The lowest BCUT2D eigenvalue weighted by molar-refractivity contribution is -0.145. The summed E-state index contributed by atoms with van der Waals surface area (Å²) in [6, 6.07) is 15.7. The predicted molar refractivity (Wildman–Crippen MR) is 129 cm³/mol. The fourth-order valence-corrected chi connectivity index (χ4v) is 4.46. The zero-order valence-electron chi connectivity index (χ0n) is 20.0. The third-order valence-electron chi connectivity index (χ3n) is 6.34. The van der Waals surface area contributed by atoms with E-state index in [9.17, 15) is 9.59 Å². The van der Waals surface area contributed by atoms with Crippen LogP contribution in [0.2, 0.25) is 0 Å². The van der Waals surface area contributed by atoms with E-state index in [-0.39, 0.29) is 18.6 Å². The summed E-state index contributed by atoms with van der Waals surface area (Å²) in [6.07, 6.45) is 3.87. The van der Waals surface area contributed by atoms with Gasteiger partial charge in [0.25, 0.3) is 0 Å². The number of morpholine rings is 1. The molecule has 2 amide bonds. The summed E-state index contributed by atoms with van der Waals surface area (Å²) in [7, 11) is 0. The van der Waals surface area contributed by atoms with Crippen LogP contribution in [0.5, 0.6) is 5.75 Å². The van der Waals surface area contributed by atoms with Crippen LogP contribution in [-0.4, -0.2) is 54.8 Å². The molecule has 1 aliphatic carbocycles. The Morgan fingerprint density at radius 1 is 1.09 bits per heavy atom. The largest absolute Gasteiger partial charge is 0.491 e. The molecule has 1 fully saturated rings. The highest BCUT2D eigenvalue weighted by Crippen LogP contribution is 2.25. The molecule has 1 aliphatic heterocycles. The van der Waals surface area contributed by atoms with Gasteiger partial charge in [0.15, 0.2) is 0 Å². The number of ether oxygens (including phenoxy) is 3. The van der Waals surface area contributed by atoms with Crippen LogP contribution in [0.3, 0.4) is 0 Å². The van der Waals surface area contributed by atoms with Crippen molar-refractivity contribution >= 4 is 12.0 Å². The SMILES string of the molecule is CC(C)(NC(=O)OCc1ccccc1)C(=O)N1CCO[C@@H](COc2ccc3c(c2)CCCC3)C1. The van der Waals surface area contributed by atoms with Crippen molar-refractivity contribution in [3.05, 3.63) is 65.2 Å². The van der Waals surface area contributed by atoms with Gasteiger partial charge < -0.3 is 24.4 Å². The molecule has 0 unspecified atom stereocenters. The maximum Gasteiger partial charge on any atom is 0.408 e. The maximum atomic E-state index is 13.2. The number of amides is 2. The lowest BCUT2D eigenvalue weighted by atomic mass is 9.92. The molecule has 1 N–H and O–H groups in total. The Labute approximate surface area is 201 Å². The molecule has 2 aromatic carbocycles. The van der Waals surface area contributed by atoms with Gasteiger partial charge in [0.2, 0.25) is 5.91 Å². The number of carbonyl (C=O) groups is 2. The number of hydrogen-bond donors (Lipinski definition) is 1. The molecule has 2 aliphatic rings. The van der Waals surface area contributed by atoms with E-state index in [1.807, 2.05) is 36.4 Å². The summed E-state index contributed by atoms with van der Waals surface area (Å²) in [5, 5.41) is 2.70. The summed E-state index contributed by atoms with van der Waals surface area (Å²) in [6.45, 7) is 5.21. The number of aryl methyl sites for hydroxylation is 2. The van der Waals surface area contributed by atoms with Crippen LogP contribution in [0.1, 0.15) is 43.4 Å². The van der Waals surface area contributed by atoms with Crippen LogP contribution in [-0.2, 0) is 33.7 Å². The monoisotopic (exact) mass is 466 g/mol. The molecule has 182 valence electrons. The van der Waals surface area contributed by atoms with E-state index in [2.05, 4.69) is 17.4 Å². The standard InChI is InChI=1S/C27H34N2O5/c1-27(2,28-26(31)34-18-20-8-4-3-5-9-20)25(30)29-14-15-32-24(17-29)19-33-23-13-12-21-10-6-7-11-22(21)16-23/h3-5,8-9,12-13,16,24H,6-7,10-11,14-15,17-19H2,1-2H3,(H,28,31)/t24-/m1/s1. The zero-order chi connectivity index (χ0) is 24.0. The third-order valence-corrected chi connectivity index (χ3v) is 6.34. The lowest BCUT2D eigenvalue weighted by Gasteiger charge is -2.37. The topological polar surface area (TPSA) is 77.1 Å². The number of carbonyl (C=O) groups excluding carboxylic acids is 2. The number of fused-ring (bicyclic) bond motifs is 1. The molecular formula is C27H34N2O5. The van der Waals surface area contributed by atoms with Gasteiger partial charge in [-0.05, 0) is 68.4 Å². The molecule has 1 saturated heterocycles. The Balaban J connectivity index is 1.26. The molecule has 0 bridgehead atoms. The van der Waals surface area contributed by atoms with Crippen LogP contribution in [0.15, 0.2) is 48.5 Å². The normalized spacial score (nSPS) is 18.1. The minimum Gasteiger partial charge on any atom is -0.491 e. The van der Waals surface area contributed by atoms with Crippen molar-refractivity contribution in [3.8, 4) is 5.75 Å². The highest BCUT2D eigenvalue weighted by atomic mass is 16.5. The van der Waals surface area contributed by atoms with Crippen LogP contribution >= 0.6 is 0 Å². The van der Waals surface area contributed by atoms with E-state index >= 15 is 0 Å². The fourth-order valence-electron chi connectivity index (χ4n) is 4.46. The van der Waals surface area contributed by atoms with Crippen LogP contribution in [0.25, 0.3) is 0 Å². The Kier molecular flexibility index (Phi) is 7.73. The van der Waals surface area contributed by atoms with Gasteiger partial charge in [-0.3, -0.25) is 4.79 Å². The highest BCUT2D eigenvalue weighted by Gasteiger charge is 2.36. The smallest absolute Gasteiger partial charge is 0.408 e. The number of hydrogen-bond acceptors (Lipinski definition) is 5. The van der Waals surface area contributed by atoms with Crippen molar-refractivity contribution in [2.75, 3.05) is 26.3 Å². The average molecular weight is 467 g/mol. The van der Waals surface area contributed by atoms with Gasteiger partial charge in [0.1, 0.15) is 30.6 Å². The van der Waals surface area contributed by atoms with Gasteiger partial charge in [-0.1, -0.05) is 36.4 Å². The summed E-state index contributed by atoms with van der Waals surface area (Å²) < 4.78 is 17.1. The van der Waals surface area contributed by atoms with Crippen LogP contribution in [0, 0.1) is 0 Å². The molecule has 7 heteroatoms. The number of rotatable bonds is 7. The first-order valence-electron chi connectivity index (χ1n) is 12.1. The molecule has 0 radical (unpaired) electrons. The Hall–Kier alpha value is -3.06. The second kappa shape index (κ2) is 10.9. The van der Waals surface area contributed by atoms with E-state index in [1.165, 1.54) is 24.0 Å². The summed E-state index contributed by atoms with van der Waals surface area (Å²) >= 11 is 0. The Morgan fingerprint density at radius 3 is 2.65 bits per heavy atom. The van der Waals surface area contributed by atoms with Crippen LogP contribution < -0.4 is 10.1 Å². The molecule has 4 rings (SSSR count). The van der Waals surface area contributed by atoms with E-state index < -0.39 is 11.6 Å². The first-order valence-corrected chi connectivity index (χ1v) is 12.1. The molecule has 0 aromatic heterocycles. The van der Waals surface area contributed by atoms with E-state index in [4.69, 9.17) is 14.2 Å². The van der Waals surface area contributed by atoms with Crippen molar-refractivity contribution in [2.24, 2.45) is 0 Å². The Bertz CT molecular complexity index is 992. The fraction of sp³-hybridized carbons (Fsp3) is 0.481. The average Bonchev–Trinajstić information content (AvgIpc) is 2.86. The van der Waals surface area contributed by atoms with Crippen molar-refractivity contribution in [1.29, 1.82) is 0 Å². The van der Waals surface area contributed by atoms with E-state index in [0.717, 1.165) is 24.2 Å². The maximum absolute atomic E-state index is 13.2. The molecule has 34 heavy (non-hydrogen) atoms. The van der Waals surface area contributed by atoms with Crippen molar-refractivity contribution in [3.63, 3.8) is 0 Å². The first-order chi connectivity index (χ1) is 16.4. The summed E-state index contributed by atoms with van der Waals surface area (Å²) in [5.74, 6) is 0.669. The second-order valence-electron chi connectivity index (χ2n) is 9.50. The van der Waals surface area contributed by atoms with Crippen LogP contribution in [0.4, 0.5) is 4.79 Å². The minimum absolute atomic E-state index is 0.149. The molecule has 0 saturated carbocycles. The first kappa shape index (κ1) is 24.1. The molecule has 1 heterocycles. The van der Waals surface area contributed by atoms with Gasteiger partial charge in [-0.25, -0.2) is 4.79 Å². The van der Waals surface area contributed by atoms with Gasteiger partial charge in [0.05, 0.1) is 13.2 Å². The predicted octanol–water partition coefficient (Wildman–Crippen LogP) is 3.88. The third kappa shape index (κ3) is 6.29. The van der Waals surface area contributed by atoms with Gasteiger partial charge >= 0.3 is 6.09 Å². The van der Waals surface area contributed by atoms with Crippen molar-refractivity contribution in [2.45, 2.75) is 57.8 Å².